The van der Waals surface area contributed by atoms with Crippen LogP contribution in [0.2, 0.25) is 0 Å². The maximum Gasteiger partial charge on any atom is 0.195 e. The molecule has 0 N–H and O–H groups in total. The number of hydrogen-bond donors (Lipinski definition) is 0. The lowest BCUT2D eigenvalue weighted by molar-refractivity contribution is 0.779. The smallest absolute Gasteiger partial charge is 0.195 e. The predicted octanol–water partition coefficient (Wildman–Crippen LogP) is 1.92. The van der Waals surface area contributed by atoms with E-state index in [-0.39, 0.29) is 0 Å². The fourth-order valence-corrected chi connectivity index (χ4v) is 2.05. The second kappa shape index (κ2) is 4.46. The van der Waals surface area contributed by atoms with Gasteiger partial charge in [-0.1, -0.05) is 23.5 Å². The number of rotatable bonds is 2. The van der Waals surface area contributed by atoms with E-state index in [0.717, 1.165) is 14.1 Å². The van der Waals surface area contributed by atoms with Gasteiger partial charge in [0.2, 0.25) is 0 Å². The maximum absolute atomic E-state index is 4.17. The number of hydrogen-bond acceptors (Lipinski definition) is 5. The number of thioether (sulfide) groups is 2. The van der Waals surface area contributed by atoms with Gasteiger partial charge in [0, 0.05) is 22.6 Å². The lowest BCUT2D eigenvalue weighted by Crippen LogP contribution is -1.95. The summed E-state index contributed by atoms with van der Waals surface area (Å²) in [5, 5.41) is 1.57. The van der Waals surface area contributed by atoms with Crippen molar-refractivity contribution in [3.8, 4) is 0 Å². The van der Waals surface area contributed by atoms with Crippen LogP contribution < -0.4 is 0 Å². The molecular formula is C5H6IN3S2. The highest BCUT2D eigenvalue weighted by atomic mass is 127. The highest BCUT2D eigenvalue weighted by Crippen LogP contribution is 2.14. The Morgan fingerprint density at radius 2 is 1.45 bits per heavy atom. The van der Waals surface area contributed by atoms with E-state index in [4.69, 9.17) is 0 Å². The van der Waals surface area contributed by atoms with E-state index < -0.39 is 0 Å². The van der Waals surface area contributed by atoms with Gasteiger partial charge in [0.1, 0.15) is 0 Å². The monoisotopic (exact) mass is 299 g/mol. The maximum atomic E-state index is 4.17. The van der Waals surface area contributed by atoms with Crippen LogP contribution in [0.3, 0.4) is 0 Å². The molecule has 0 bridgehead atoms. The first-order valence-electron chi connectivity index (χ1n) is 2.76. The van der Waals surface area contributed by atoms with Gasteiger partial charge < -0.3 is 0 Å². The van der Waals surface area contributed by atoms with E-state index in [1.807, 2.05) is 12.5 Å². The van der Waals surface area contributed by atoms with Crippen LogP contribution in [-0.2, 0) is 0 Å². The van der Waals surface area contributed by atoms with Crippen LogP contribution in [0.25, 0.3) is 0 Å². The van der Waals surface area contributed by atoms with Crippen LogP contribution in [0.5, 0.6) is 0 Å². The van der Waals surface area contributed by atoms with Crippen molar-refractivity contribution < 1.29 is 0 Å². The van der Waals surface area contributed by atoms with E-state index >= 15 is 0 Å². The molecule has 0 aromatic carbocycles. The first kappa shape index (κ1) is 9.53. The van der Waals surface area contributed by atoms with Crippen LogP contribution in [0.1, 0.15) is 0 Å². The van der Waals surface area contributed by atoms with E-state index in [1.54, 1.807) is 0 Å². The highest BCUT2D eigenvalue weighted by molar-refractivity contribution is 14.1. The lowest BCUT2D eigenvalue weighted by Gasteiger charge is -1.97. The topological polar surface area (TPSA) is 38.7 Å². The molecule has 1 aromatic heterocycles. The molecule has 0 atom stereocenters. The Labute approximate surface area is 87.3 Å². The Morgan fingerprint density at radius 3 is 1.82 bits per heavy atom. The molecule has 0 fully saturated rings. The molecule has 0 saturated carbocycles. The van der Waals surface area contributed by atoms with E-state index in [0.29, 0.717) is 0 Å². The van der Waals surface area contributed by atoms with Gasteiger partial charge in [-0.3, -0.25) is 0 Å². The molecule has 60 valence electrons. The first-order chi connectivity index (χ1) is 5.26. The zero-order chi connectivity index (χ0) is 8.27. The average molecular weight is 299 g/mol. The summed E-state index contributed by atoms with van der Waals surface area (Å²) in [5.74, 6) is 0. The second-order valence-corrected chi connectivity index (χ2v) is 4.09. The molecule has 3 nitrogen and oxygen atoms in total. The lowest BCUT2D eigenvalue weighted by atomic mass is 11.1. The van der Waals surface area contributed by atoms with Gasteiger partial charge >= 0.3 is 0 Å². The molecule has 0 unspecified atom stereocenters. The number of halogens is 1. The summed E-state index contributed by atoms with van der Waals surface area (Å²) in [7, 11) is 0. The van der Waals surface area contributed by atoms with Crippen LogP contribution >= 0.6 is 46.1 Å². The average Bonchev–Trinajstić information content (AvgIpc) is 2.03. The zero-order valence-corrected chi connectivity index (χ0v) is 9.83. The Morgan fingerprint density at radius 1 is 1.00 bits per heavy atom. The summed E-state index contributed by atoms with van der Waals surface area (Å²) < 4.78 is 0.756. The largest absolute Gasteiger partial charge is 0.197 e. The molecule has 0 aliphatic heterocycles. The van der Waals surface area contributed by atoms with Gasteiger partial charge in [0.05, 0.1) is 0 Å². The molecule has 0 amide bonds. The van der Waals surface area contributed by atoms with Crippen molar-refractivity contribution in [3.63, 3.8) is 0 Å². The van der Waals surface area contributed by atoms with Crippen molar-refractivity contribution in [2.45, 2.75) is 10.3 Å². The van der Waals surface area contributed by atoms with Crippen molar-refractivity contribution in [3.05, 3.63) is 3.83 Å². The Hall–Kier alpha value is 0.440. The quantitative estimate of drug-likeness (QED) is 0.616. The fourth-order valence-electron chi connectivity index (χ4n) is 0.497. The van der Waals surface area contributed by atoms with Crippen molar-refractivity contribution in [1.82, 2.24) is 15.0 Å². The van der Waals surface area contributed by atoms with E-state index in [1.165, 1.54) is 23.5 Å². The highest BCUT2D eigenvalue weighted by Gasteiger charge is 2.00. The van der Waals surface area contributed by atoms with Gasteiger partial charge in [-0.15, -0.1) is 0 Å². The Bertz CT molecular complexity index is 233. The molecule has 0 saturated heterocycles. The number of nitrogens with zero attached hydrogens (tertiary/aromatic N) is 3. The molecule has 1 rings (SSSR count). The second-order valence-electron chi connectivity index (χ2n) is 1.58. The number of aromatic nitrogens is 3. The summed E-state index contributed by atoms with van der Waals surface area (Å²) in [4.78, 5) is 12.4. The van der Waals surface area contributed by atoms with Gasteiger partial charge in [0.25, 0.3) is 0 Å². The van der Waals surface area contributed by atoms with Crippen molar-refractivity contribution in [2.75, 3.05) is 12.5 Å². The molecule has 0 aliphatic rings. The normalized spacial score (nSPS) is 10.1. The molecule has 11 heavy (non-hydrogen) atoms. The minimum Gasteiger partial charge on any atom is -0.197 e. The summed E-state index contributed by atoms with van der Waals surface area (Å²) in [5.41, 5.74) is 0. The third-order valence-corrected chi connectivity index (χ3v) is 2.51. The third kappa shape index (κ3) is 2.75. The van der Waals surface area contributed by atoms with Crippen LogP contribution in [0, 0.1) is 3.83 Å². The summed E-state index contributed by atoms with van der Waals surface area (Å²) in [6.07, 6.45) is 3.91. The Kier molecular flexibility index (Phi) is 3.86. The minimum atomic E-state index is 0.756. The van der Waals surface area contributed by atoms with Crippen molar-refractivity contribution in [2.24, 2.45) is 0 Å². The molecule has 0 spiro atoms. The predicted molar refractivity (Wildman–Crippen MR) is 56.1 cm³/mol. The zero-order valence-electron chi connectivity index (χ0n) is 6.04. The van der Waals surface area contributed by atoms with Crippen molar-refractivity contribution >= 4 is 46.1 Å². The van der Waals surface area contributed by atoms with Crippen LogP contribution in [-0.4, -0.2) is 27.5 Å². The fraction of sp³-hybridized carbons (Fsp3) is 0.400. The molecule has 1 heterocycles. The molecule has 1 aromatic rings. The van der Waals surface area contributed by atoms with Gasteiger partial charge in [-0.25, -0.2) is 0 Å². The van der Waals surface area contributed by atoms with Gasteiger partial charge in [0.15, 0.2) is 14.1 Å². The van der Waals surface area contributed by atoms with Gasteiger partial charge in [-0.05, 0) is 12.5 Å². The van der Waals surface area contributed by atoms with Gasteiger partial charge in [-0.2, -0.15) is 15.0 Å². The van der Waals surface area contributed by atoms with Crippen LogP contribution in [0.4, 0.5) is 0 Å². The van der Waals surface area contributed by atoms with E-state index in [2.05, 4.69) is 37.5 Å². The molecule has 6 heteroatoms. The molecule has 0 aliphatic carbocycles. The SMILES string of the molecule is CSc1nc(I)nc(SC)n1. The first-order valence-corrected chi connectivity index (χ1v) is 6.28. The summed E-state index contributed by atoms with van der Waals surface area (Å²) in [6, 6.07) is 0. The Balaban J connectivity index is 3.02. The van der Waals surface area contributed by atoms with E-state index in [9.17, 15) is 0 Å². The third-order valence-electron chi connectivity index (χ3n) is 0.932. The molecular weight excluding hydrogens is 293 g/mol. The van der Waals surface area contributed by atoms with Crippen LogP contribution in [0.15, 0.2) is 10.3 Å². The molecule has 0 radical (unpaired) electrons. The van der Waals surface area contributed by atoms with Crippen molar-refractivity contribution in [1.29, 1.82) is 0 Å². The summed E-state index contributed by atoms with van der Waals surface area (Å²) in [6.45, 7) is 0. The summed E-state index contributed by atoms with van der Waals surface area (Å²) >= 11 is 5.15. The standard InChI is InChI=1S/C5H6IN3S2/c1-10-4-7-3(6)8-5(9-4)11-2/h1-2H3. The minimum absolute atomic E-state index is 0.756.